The fraction of sp³-hybridized carbons (Fsp3) is 0.421. The zero-order valence-corrected chi connectivity index (χ0v) is 15.0. The van der Waals surface area contributed by atoms with Crippen LogP contribution in [0.25, 0.3) is 0 Å². The molecule has 0 spiro atoms. The van der Waals surface area contributed by atoms with E-state index in [0.29, 0.717) is 24.6 Å². The minimum absolute atomic E-state index is 0.00580. The van der Waals surface area contributed by atoms with E-state index in [2.05, 4.69) is 10.3 Å². The number of nitrogens with one attached hydrogen (secondary N) is 1. The van der Waals surface area contributed by atoms with E-state index in [1.54, 1.807) is 36.3 Å². The van der Waals surface area contributed by atoms with Crippen molar-refractivity contribution in [1.82, 2.24) is 15.2 Å². The second kappa shape index (κ2) is 7.30. The Morgan fingerprint density at radius 1 is 1.26 bits per heavy atom. The van der Waals surface area contributed by atoms with Gasteiger partial charge in [0.2, 0.25) is 11.8 Å². The molecule has 1 N–H and O–H groups in total. The topological polar surface area (TPSA) is 93.9 Å². The number of oxazole rings is 1. The summed E-state index contributed by atoms with van der Waals surface area (Å²) in [7, 11) is 1.60. The van der Waals surface area contributed by atoms with Crippen LogP contribution in [0.15, 0.2) is 34.9 Å². The van der Waals surface area contributed by atoms with Crippen LogP contribution in [-0.2, 0) is 11.4 Å². The number of nitrogens with zero attached hydrogens (tertiary/aromatic N) is 2. The van der Waals surface area contributed by atoms with E-state index in [0.717, 1.165) is 18.6 Å². The molecule has 3 heterocycles. The summed E-state index contributed by atoms with van der Waals surface area (Å²) in [5, 5.41) is 2.86. The van der Waals surface area contributed by atoms with Gasteiger partial charge in [-0.15, -0.1) is 0 Å². The zero-order valence-electron chi connectivity index (χ0n) is 15.0. The van der Waals surface area contributed by atoms with Gasteiger partial charge in [0.05, 0.1) is 7.11 Å². The van der Waals surface area contributed by atoms with E-state index in [4.69, 9.17) is 13.9 Å². The molecule has 1 aromatic heterocycles. The molecule has 0 radical (unpaired) electrons. The third kappa shape index (κ3) is 3.60. The van der Waals surface area contributed by atoms with Crippen LogP contribution >= 0.6 is 0 Å². The molecule has 2 aliphatic heterocycles. The molecule has 0 unspecified atom stereocenters. The van der Waals surface area contributed by atoms with Gasteiger partial charge < -0.3 is 24.1 Å². The van der Waals surface area contributed by atoms with Crippen molar-refractivity contribution in [1.29, 1.82) is 0 Å². The predicted octanol–water partition coefficient (Wildman–Crippen LogP) is 1.76. The van der Waals surface area contributed by atoms with Gasteiger partial charge in [-0.05, 0) is 37.1 Å². The summed E-state index contributed by atoms with van der Waals surface area (Å²) in [5.74, 6) is 1.51. The number of rotatable bonds is 5. The van der Waals surface area contributed by atoms with Gasteiger partial charge in [-0.3, -0.25) is 9.59 Å². The highest BCUT2D eigenvalue weighted by molar-refractivity contribution is 5.93. The van der Waals surface area contributed by atoms with Crippen LogP contribution in [0.1, 0.15) is 35.6 Å². The summed E-state index contributed by atoms with van der Waals surface area (Å²) in [4.78, 5) is 30.7. The van der Waals surface area contributed by atoms with Crippen LogP contribution < -0.4 is 14.8 Å². The molecule has 2 saturated heterocycles. The van der Waals surface area contributed by atoms with Gasteiger partial charge in [0.25, 0.3) is 5.91 Å². The third-order valence-electron chi connectivity index (χ3n) is 5.00. The number of fused-ring (bicyclic) bond motifs is 2. The van der Waals surface area contributed by atoms with Gasteiger partial charge in [-0.25, -0.2) is 4.98 Å². The number of carbonyl (C=O) groups is 2. The molecule has 2 aliphatic rings. The molecule has 1 aromatic carbocycles. The maximum absolute atomic E-state index is 12.9. The molecule has 2 atom stereocenters. The van der Waals surface area contributed by atoms with Gasteiger partial charge in [-0.2, -0.15) is 0 Å². The van der Waals surface area contributed by atoms with Crippen molar-refractivity contribution in [2.75, 3.05) is 13.7 Å². The Labute approximate surface area is 156 Å². The highest BCUT2D eigenvalue weighted by Crippen LogP contribution is 2.29. The fourth-order valence-corrected chi connectivity index (χ4v) is 3.64. The molecule has 8 heteroatoms. The molecule has 2 fully saturated rings. The third-order valence-corrected chi connectivity index (χ3v) is 5.00. The average Bonchev–Trinajstić information content (AvgIpc) is 3.27. The Balaban J connectivity index is 1.41. The number of methoxy groups -OCH3 is 1. The summed E-state index contributed by atoms with van der Waals surface area (Å²) in [6.07, 6.45) is 3.43. The first-order valence-electron chi connectivity index (χ1n) is 8.94. The van der Waals surface area contributed by atoms with Gasteiger partial charge in [0, 0.05) is 25.0 Å². The zero-order chi connectivity index (χ0) is 18.8. The Morgan fingerprint density at radius 3 is 2.78 bits per heavy atom. The molecule has 142 valence electrons. The van der Waals surface area contributed by atoms with Crippen molar-refractivity contribution in [3.8, 4) is 11.5 Å². The van der Waals surface area contributed by atoms with Crippen molar-refractivity contribution in [3.05, 3.63) is 42.1 Å². The highest BCUT2D eigenvalue weighted by Gasteiger charge is 2.41. The normalized spacial score (nSPS) is 21.5. The molecule has 27 heavy (non-hydrogen) atoms. The number of hydrogen-bond donors (Lipinski definition) is 1. The molecule has 0 aliphatic carbocycles. The molecule has 2 aromatic rings. The fourth-order valence-electron chi connectivity index (χ4n) is 3.64. The van der Waals surface area contributed by atoms with Crippen molar-refractivity contribution in [3.63, 3.8) is 0 Å². The lowest BCUT2D eigenvalue weighted by Crippen LogP contribution is -2.42. The Hall–Kier alpha value is -3.03. The lowest BCUT2D eigenvalue weighted by atomic mass is 10.1. The number of amides is 2. The smallest absolute Gasteiger partial charge is 0.276 e. The van der Waals surface area contributed by atoms with E-state index in [-0.39, 0.29) is 36.2 Å². The first-order chi connectivity index (χ1) is 13.1. The van der Waals surface area contributed by atoms with Gasteiger partial charge >= 0.3 is 0 Å². The first kappa shape index (κ1) is 17.4. The molecule has 2 bridgehead atoms. The monoisotopic (exact) mass is 371 g/mol. The summed E-state index contributed by atoms with van der Waals surface area (Å²) in [6, 6.07) is 7.11. The van der Waals surface area contributed by atoms with Crippen molar-refractivity contribution < 1.29 is 23.5 Å². The predicted molar refractivity (Wildman–Crippen MR) is 94.4 cm³/mol. The van der Waals surface area contributed by atoms with Crippen molar-refractivity contribution in [2.45, 2.75) is 38.0 Å². The number of hydrogen-bond acceptors (Lipinski definition) is 6. The highest BCUT2D eigenvalue weighted by atomic mass is 16.5. The van der Waals surface area contributed by atoms with Gasteiger partial charge in [0.1, 0.15) is 17.8 Å². The Morgan fingerprint density at radius 2 is 2.00 bits per heavy atom. The average molecular weight is 371 g/mol. The van der Waals surface area contributed by atoms with Crippen LogP contribution in [0.2, 0.25) is 0 Å². The maximum atomic E-state index is 12.9. The van der Waals surface area contributed by atoms with E-state index in [1.165, 1.54) is 6.26 Å². The molecular formula is C19H21N3O5. The lowest BCUT2D eigenvalue weighted by molar-refractivity contribution is -0.121. The van der Waals surface area contributed by atoms with Gasteiger partial charge in [0.15, 0.2) is 12.3 Å². The van der Waals surface area contributed by atoms with E-state index in [1.807, 2.05) is 0 Å². The van der Waals surface area contributed by atoms with Crippen molar-refractivity contribution >= 4 is 11.8 Å². The quantitative estimate of drug-likeness (QED) is 0.861. The van der Waals surface area contributed by atoms with E-state index >= 15 is 0 Å². The summed E-state index contributed by atoms with van der Waals surface area (Å²) >= 11 is 0. The number of ether oxygens (including phenoxy) is 2. The standard InChI is InChI=1S/C19H21N3O5/c1-25-14-4-6-15(7-5-14)26-11-18-21-16(10-27-18)19(24)22-12-2-3-13(22)9-20-17(23)8-12/h4-7,10,12-13H,2-3,8-9,11H2,1H3,(H,20,23)/t12-,13+/m0/s1. The molecule has 4 rings (SSSR count). The molecule has 0 saturated carbocycles. The summed E-state index contributed by atoms with van der Waals surface area (Å²) < 4.78 is 16.1. The van der Waals surface area contributed by atoms with E-state index in [9.17, 15) is 9.59 Å². The van der Waals surface area contributed by atoms with Crippen LogP contribution in [0.4, 0.5) is 0 Å². The van der Waals surface area contributed by atoms with Crippen LogP contribution in [0.5, 0.6) is 11.5 Å². The minimum Gasteiger partial charge on any atom is -0.497 e. The summed E-state index contributed by atoms with van der Waals surface area (Å²) in [6.45, 7) is 0.610. The van der Waals surface area contributed by atoms with E-state index < -0.39 is 0 Å². The summed E-state index contributed by atoms with van der Waals surface area (Å²) in [5.41, 5.74) is 0.245. The number of carbonyl (C=O) groups excluding carboxylic acids is 2. The van der Waals surface area contributed by atoms with Crippen molar-refractivity contribution in [2.24, 2.45) is 0 Å². The van der Waals surface area contributed by atoms with Crippen LogP contribution in [-0.4, -0.2) is 47.4 Å². The lowest BCUT2D eigenvalue weighted by Gasteiger charge is -2.26. The Kier molecular flexibility index (Phi) is 4.70. The largest absolute Gasteiger partial charge is 0.497 e. The number of aromatic nitrogens is 1. The molecule has 8 nitrogen and oxygen atoms in total. The molecular weight excluding hydrogens is 350 g/mol. The second-order valence-corrected chi connectivity index (χ2v) is 6.70. The number of benzene rings is 1. The minimum atomic E-state index is -0.196. The SMILES string of the molecule is COc1ccc(OCc2nc(C(=O)N3[C@@H]4CC[C@H]3CC(=O)NC4)co2)cc1. The first-order valence-corrected chi connectivity index (χ1v) is 8.94. The Bertz CT molecular complexity index is 832. The van der Waals surface area contributed by atoms with Crippen LogP contribution in [0.3, 0.4) is 0 Å². The second-order valence-electron chi connectivity index (χ2n) is 6.70. The maximum Gasteiger partial charge on any atom is 0.276 e. The molecule has 2 amide bonds. The van der Waals surface area contributed by atoms with Crippen LogP contribution in [0, 0.1) is 0 Å². The van der Waals surface area contributed by atoms with Gasteiger partial charge in [-0.1, -0.05) is 0 Å².